The first-order valence-corrected chi connectivity index (χ1v) is 6.39. The van der Waals surface area contributed by atoms with E-state index in [1.807, 2.05) is 42.5 Å². The van der Waals surface area contributed by atoms with E-state index in [0.29, 0.717) is 5.56 Å². The van der Waals surface area contributed by atoms with Crippen LogP contribution in [0.3, 0.4) is 0 Å². The van der Waals surface area contributed by atoms with Gasteiger partial charge >= 0.3 is 5.97 Å². The van der Waals surface area contributed by atoms with Crippen molar-refractivity contribution in [3.8, 4) is 11.1 Å². The van der Waals surface area contributed by atoms with Crippen molar-refractivity contribution in [2.45, 2.75) is 0 Å². The molecule has 2 rings (SSSR count). The summed E-state index contributed by atoms with van der Waals surface area (Å²) in [5.74, 6) is -0.894. The van der Waals surface area contributed by atoms with Gasteiger partial charge in [-0.25, -0.2) is 4.79 Å². The molecule has 2 aromatic carbocycles. The number of hydrogen-bond donors (Lipinski definition) is 4. The van der Waals surface area contributed by atoms with Crippen LogP contribution in [0.1, 0.15) is 10.4 Å². The molecule has 0 aliphatic carbocycles. The van der Waals surface area contributed by atoms with Crippen molar-refractivity contribution in [3.63, 3.8) is 0 Å². The SMILES string of the molecule is CN.CN.CN.O=C(O)c1ccc(-c2ccccc2)cc1. The molecule has 0 saturated carbocycles. The summed E-state index contributed by atoms with van der Waals surface area (Å²) in [4.78, 5) is 10.6. The molecule has 7 N–H and O–H groups in total. The van der Waals surface area contributed by atoms with Gasteiger partial charge in [-0.3, -0.25) is 0 Å². The van der Waals surface area contributed by atoms with Crippen molar-refractivity contribution in [1.82, 2.24) is 0 Å². The average Bonchev–Trinajstić information content (AvgIpc) is 2.61. The first-order chi connectivity index (χ1) is 10.3. The fraction of sp³-hybridized carbons (Fsp3) is 0.188. The van der Waals surface area contributed by atoms with Gasteiger partial charge in [-0.2, -0.15) is 0 Å². The topological polar surface area (TPSA) is 115 Å². The van der Waals surface area contributed by atoms with E-state index in [0.717, 1.165) is 11.1 Å². The van der Waals surface area contributed by atoms with Crippen LogP contribution in [-0.2, 0) is 0 Å². The Morgan fingerprint density at radius 2 is 1.10 bits per heavy atom. The molecule has 2 aromatic rings. The second kappa shape index (κ2) is 14.2. The molecule has 0 radical (unpaired) electrons. The van der Waals surface area contributed by atoms with Crippen molar-refractivity contribution in [1.29, 1.82) is 0 Å². The Morgan fingerprint density at radius 1 is 0.714 bits per heavy atom. The first kappa shape index (κ1) is 21.1. The standard InChI is InChI=1S/C13H10O2.3CH5N/c14-13(15)12-8-6-11(7-9-12)10-4-2-1-3-5-10;3*1-2/h1-9H,(H,14,15);3*2H2,1H3. The Labute approximate surface area is 126 Å². The minimum atomic E-state index is -0.894. The molecule has 5 nitrogen and oxygen atoms in total. The van der Waals surface area contributed by atoms with Gasteiger partial charge in [-0.1, -0.05) is 42.5 Å². The number of nitrogens with two attached hydrogens (primary N) is 3. The smallest absolute Gasteiger partial charge is 0.335 e. The van der Waals surface area contributed by atoms with Crippen LogP contribution in [0.4, 0.5) is 0 Å². The number of hydrogen-bond acceptors (Lipinski definition) is 4. The maximum absolute atomic E-state index is 10.6. The monoisotopic (exact) mass is 291 g/mol. The van der Waals surface area contributed by atoms with E-state index in [1.165, 1.54) is 21.1 Å². The maximum atomic E-state index is 10.6. The Balaban J connectivity index is 0. The first-order valence-electron chi connectivity index (χ1n) is 6.39. The van der Waals surface area contributed by atoms with Gasteiger partial charge in [-0.15, -0.1) is 0 Å². The third-order valence-corrected chi connectivity index (χ3v) is 2.24. The van der Waals surface area contributed by atoms with Gasteiger partial charge in [0.2, 0.25) is 0 Å². The Kier molecular flexibility index (Phi) is 14.3. The normalized spacial score (nSPS) is 7.90. The number of rotatable bonds is 2. The zero-order valence-corrected chi connectivity index (χ0v) is 12.8. The van der Waals surface area contributed by atoms with E-state index in [2.05, 4.69) is 17.2 Å². The predicted molar refractivity (Wildman–Crippen MR) is 89.2 cm³/mol. The molecule has 0 aromatic heterocycles. The van der Waals surface area contributed by atoms with Crippen LogP contribution in [0.15, 0.2) is 54.6 Å². The van der Waals surface area contributed by atoms with Crippen LogP contribution in [0.2, 0.25) is 0 Å². The molecule has 116 valence electrons. The highest BCUT2D eigenvalue weighted by molar-refractivity contribution is 5.88. The lowest BCUT2D eigenvalue weighted by Crippen LogP contribution is -1.94. The molecule has 0 saturated heterocycles. The van der Waals surface area contributed by atoms with Crippen molar-refractivity contribution < 1.29 is 9.90 Å². The summed E-state index contributed by atoms with van der Waals surface area (Å²) in [6.45, 7) is 0. The van der Waals surface area contributed by atoms with Crippen molar-refractivity contribution in [2.24, 2.45) is 17.2 Å². The quantitative estimate of drug-likeness (QED) is 0.673. The van der Waals surface area contributed by atoms with Gasteiger partial charge in [0.05, 0.1) is 5.56 Å². The highest BCUT2D eigenvalue weighted by atomic mass is 16.4. The predicted octanol–water partition coefficient (Wildman–Crippen LogP) is 1.78. The third kappa shape index (κ3) is 7.84. The summed E-state index contributed by atoms with van der Waals surface area (Å²) < 4.78 is 0. The van der Waals surface area contributed by atoms with E-state index in [1.54, 1.807) is 12.1 Å². The molecular weight excluding hydrogens is 266 g/mol. The van der Waals surface area contributed by atoms with Crippen LogP contribution < -0.4 is 17.2 Å². The van der Waals surface area contributed by atoms with Crippen LogP contribution in [0.25, 0.3) is 11.1 Å². The van der Waals surface area contributed by atoms with Crippen LogP contribution in [0.5, 0.6) is 0 Å². The molecule has 0 aliphatic heterocycles. The second-order valence-electron chi connectivity index (χ2n) is 3.25. The largest absolute Gasteiger partial charge is 0.478 e. The molecule has 0 fully saturated rings. The molecule has 21 heavy (non-hydrogen) atoms. The summed E-state index contributed by atoms with van der Waals surface area (Å²) in [6.07, 6.45) is 0. The Bertz CT molecular complexity index is 471. The zero-order chi connectivity index (χ0) is 16.7. The van der Waals surface area contributed by atoms with E-state index < -0.39 is 5.97 Å². The summed E-state index contributed by atoms with van der Waals surface area (Å²) in [5.41, 5.74) is 15.9. The minimum absolute atomic E-state index is 0.315. The molecule has 0 bridgehead atoms. The number of aromatic carboxylic acids is 1. The lowest BCUT2D eigenvalue weighted by atomic mass is 10.0. The third-order valence-electron chi connectivity index (χ3n) is 2.24. The average molecular weight is 291 g/mol. The molecule has 0 heterocycles. The van der Waals surface area contributed by atoms with Gasteiger partial charge in [0.1, 0.15) is 0 Å². The summed E-state index contributed by atoms with van der Waals surface area (Å²) in [5, 5.41) is 8.75. The van der Waals surface area contributed by atoms with Gasteiger partial charge in [0.15, 0.2) is 0 Å². The van der Waals surface area contributed by atoms with Crippen LogP contribution in [0, 0.1) is 0 Å². The van der Waals surface area contributed by atoms with E-state index in [-0.39, 0.29) is 0 Å². The van der Waals surface area contributed by atoms with Crippen molar-refractivity contribution in [3.05, 3.63) is 60.2 Å². The highest BCUT2D eigenvalue weighted by Crippen LogP contribution is 2.18. The van der Waals surface area contributed by atoms with Crippen molar-refractivity contribution >= 4 is 5.97 Å². The Morgan fingerprint density at radius 3 is 1.48 bits per heavy atom. The molecule has 0 aliphatic rings. The lowest BCUT2D eigenvalue weighted by Gasteiger charge is -2.01. The van der Waals surface area contributed by atoms with Gasteiger partial charge in [0.25, 0.3) is 0 Å². The number of carbonyl (C=O) groups is 1. The molecule has 0 unspecified atom stereocenters. The van der Waals surface area contributed by atoms with E-state index in [9.17, 15) is 4.79 Å². The highest BCUT2D eigenvalue weighted by Gasteiger charge is 2.02. The maximum Gasteiger partial charge on any atom is 0.335 e. The fourth-order valence-corrected chi connectivity index (χ4v) is 1.44. The fourth-order valence-electron chi connectivity index (χ4n) is 1.44. The number of benzene rings is 2. The van der Waals surface area contributed by atoms with Gasteiger partial charge in [0, 0.05) is 0 Å². The zero-order valence-electron chi connectivity index (χ0n) is 12.8. The molecule has 5 heteroatoms. The van der Waals surface area contributed by atoms with Crippen LogP contribution >= 0.6 is 0 Å². The van der Waals surface area contributed by atoms with Crippen molar-refractivity contribution in [2.75, 3.05) is 21.1 Å². The minimum Gasteiger partial charge on any atom is -0.478 e. The van der Waals surface area contributed by atoms with Gasteiger partial charge in [-0.05, 0) is 44.4 Å². The molecular formula is C16H25N3O2. The number of carboxylic acids is 1. The number of carboxylic acid groups (broad SMARTS) is 1. The molecule has 0 atom stereocenters. The van der Waals surface area contributed by atoms with Crippen LogP contribution in [-0.4, -0.2) is 32.2 Å². The molecule has 0 amide bonds. The lowest BCUT2D eigenvalue weighted by molar-refractivity contribution is 0.0697. The van der Waals surface area contributed by atoms with E-state index >= 15 is 0 Å². The molecule has 0 spiro atoms. The van der Waals surface area contributed by atoms with E-state index in [4.69, 9.17) is 5.11 Å². The second-order valence-corrected chi connectivity index (χ2v) is 3.25. The summed E-state index contributed by atoms with van der Waals surface area (Å²) in [7, 11) is 4.50. The summed E-state index contributed by atoms with van der Waals surface area (Å²) >= 11 is 0. The van der Waals surface area contributed by atoms with Gasteiger partial charge < -0.3 is 22.3 Å². The summed E-state index contributed by atoms with van der Waals surface area (Å²) in [6, 6.07) is 16.7. The Hall–Kier alpha value is -2.21.